The number of aliphatic carboxylic acids is 1. The third-order valence-electron chi connectivity index (χ3n) is 2.70. The molecule has 1 atom stereocenters. The van der Waals surface area contributed by atoms with Crippen LogP contribution in [0.3, 0.4) is 0 Å². The van der Waals surface area contributed by atoms with Crippen molar-refractivity contribution in [2.45, 2.75) is 18.9 Å². The number of ether oxygens (including phenoxy) is 1. The molecule has 0 spiro atoms. The number of anilines is 1. The number of carbonyl (C=O) groups is 1. The van der Waals surface area contributed by atoms with Gasteiger partial charge in [-0.25, -0.2) is 4.79 Å². The third-order valence-corrected chi connectivity index (χ3v) is 3.43. The van der Waals surface area contributed by atoms with Crippen molar-refractivity contribution < 1.29 is 19.6 Å². The molecule has 0 aromatic heterocycles. The molecule has 0 aliphatic heterocycles. The van der Waals surface area contributed by atoms with E-state index in [0.29, 0.717) is 13.0 Å². The molecule has 0 saturated heterocycles. The second kappa shape index (κ2) is 8.02. The summed E-state index contributed by atoms with van der Waals surface area (Å²) in [6, 6.07) is 1.34. The fraction of sp³-hybridized carbons (Fsp3) is 0.417. The number of nitro groups is 1. The van der Waals surface area contributed by atoms with Gasteiger partial charge in [-0.3, -0.25) is 10.1 Å². The summed E-state index contributed by atoms with van der Waals surface area (Å²) in [7, 11) is 1.51. The van der Waals surface area contributed by atoms with Gasteiger partial charge in [-0.05, 0) is 18.9 Å². The minimum atomic E-state index is -1.12. The zero-order chi connectivity index (χ0) is 16.0. The maximum Gasteiger partial charge on any atom is 0.326 e. The average Bonchev–Trinajstić information content (AvgIpc) is 2.41. The van der Waals surface area contributed by atoms with Gasteiger partial charge < -0.3 is 15.2 Å². The minimum Gasteiger partial charge on any atom is -0.480 e. The number of carboxylic acids is 1. The van der Waals surface area contributed by atoms with Crippen LogP contribution in [-0.2, 0) is 9.53 Å². The molecule has 2 N–H and O–H groups in total. The summed E-state index contributed by atoms with van der Waals surface area (Å²) in [6.07, 6.45) is 0.746. The molecular formula is C12H14Cl2N2O5. The van der Waals surface area contributed by atoms with Crippen LogP contribution in [0.2, 0.25) is 10.0 Å². The summed E-state index contributed by atoms with van der Waals surface area (Å²) in [5.41, 5.74) is -0.318. The van der Waals surface area contributed by atoms with E-state index >= 15 is 0 Å². The SMILES string of the molecule is COCCCC(Nc1cc(Cl)c(Cl)cc1[N+](=O)[O-])C(=O)O. The molecule has 0 heterocycles. The predicted molar refractivity (Wildman–Crippen MR) is 79.3 cm³/mol. The summed E-state index contributed by atoms with van der Waals surface area (Å²) in [5, 5.41) is 22.9. The van der Waals surface area contributed by atoms with Gasteiger partial charge in [0.05, 0.1) is 15.0 Å². The topological polar surface area (TPSA) is 102 Å². The highest BCUT2D eigenvalue weighted by atomic mass is 35.5. The quantitative estimate of drug-likeness (QED) is 0.429. The molecule has 0 aliphatic carbocycles. The number of hydrogen-bond donors (Lipinski definition) is 2. The van der Waals surface area contributed by atoms with E-state index in [1.807, 2.05) is 0 Å². The van der Waals surface area contributed by atoms with Crippen LogP contribution < -0.4 is 5.32 Å². The van der Waals surface area contributed by atoms with Crippen LogP contribution in [0.25, 0.3) is 0 Å². The number of halogens is 2. The number of benzene rings is 1. The van der Waals surface area contributed by atoms with Crippen molar-refractivity contribution in [2.75, 3.05) is 19.0 Å². The Balaban J connectivity index is 2.99. The number of methoxy groups -OCH3 is 1. The Morgan fingerprint density at radius 2 is 2.10 bits per heavy atom. The fourth-order valence-electron chi connectivity index (χ4n) is 1.68. The summed E-state index contributed by atoms with van der Waals surface area (Å²) in [5.74, 6) is -1.12. The van der Waals surface area contributed by atoms with Gasteiger partial charge in [0.2, 0.25) is 0 Å². The second-order valence-electron chi connectivity index (χ2n) is 4.21. The van der Waals surface area contributed by atoms with Crippen LogP contribution in [0.4, 0.5) is 11.4 Å². The predicted octanol–water partition coefficient (Wildman–Crippen LogP) is 3.19. The van der Waals surface area contributed by atoms with Crippen molar-refractivity contribution in [3.63, 3.8) is 0 Å². The molecule has 1 unspecified atom stereocenters. The first-order valence-corrected chi connectivity index (χ1v) is 6.74. The molecule has 9 heteroatoms. The molecule has 21 heavy (non-hydrogen) atoms. The summed E-state index contributed by atoms with van der Waals surface area (Å²) in [6.45, 7) is 0.398. The fourth-order valence-corrected chi connectivity index (χ4v) is 2.00. The molecule has 116 valence electrons. The second-order valence-corrected chi connectivity index (χ2v) is 5.03. The lowest BCUT2D eigenvalue weighted by atomic mass is 10.1. The third kappa shape index (κ3) is 5.04. The van der Waals surface area contributed by atoms with Gasteiger partial charge in [0, 0.05) is 19.8 Å². The normalized spacial score (nSPS) is 12.0. The van der Waals surface area contributed by atoms with E-state index in [4.69, 9.17) is 33.0 Å². The maximum absolute atomic E-state index is 11.2. The largest absolute Gasteiger partial charge is 0.480 e. The molecule has 0 saturated carbocycles. The highest BCUT2D eigenvalue weighted by molar-refractivity contribution is 6.42. The van der Waals surface area contributed by atoms with Crippen molar-refractivity contribution in [3.05, 3.63) is 32.3 Å². The van der Waals surface area contributed by atoms with E-state index in [-0.39, 0.29) is 27.8 Å². The Morgan fingerprint density at radius 3 is 2.62 bits per heavy atom. The number of rotatable bonds is 8. The van der Waals surface area contributed by atoms with Crippen molar-refractivity contribution >= 4 is 40.5 Å². The molecule has 0 fully saturated rings. The first-order valence-electron chi connectivity index (χ1n) is 5.98. The van der Waals surface area contributed by atoms with E-state index in [9.17, 15) is 14.9 Å². The van der Waals surface area contributed by atoms with Crippen LogP contribution in [-0.4, -0.2) is 35.8 Å². The highest BCUT2D eigenvalue weighted by Gasteiger charge is 2.23. The van der Waals surface area contributed by atoms with E-state index in [1.54, 1.807) is 0 Å². The first kappa shape index (κ1) is 17.5. The highest BCUT2D eigenvalue weighted by Crippen LogP contribution is 2.34. The zero-order valence-corrected chi connectivity index (χ0v) is 12.6. The van der Waals surface area contributed by atoms with E-state index in [2.05, 4.69) is 5.32 Å². The van der Waals surface area contributed by atoms with E-state index in [0.717, 1.165) is 6.07 Å². The zero-order valence-electron chi connectivity index (χ0n) is 11.1. The van der Waals surface area contributed by atoms with Gasteiger partial charge in [0.15, 0.2) is 0 Å². The Labute approximate surface area is 130 Å². The molecule has 7 nitrogen and oxygen atoms in total. The number of nitrogens with zero attached hydrogens (tertiary/aromatic N) is 1. The molecule has 0 amide bonds. The summed E-state index contributed by atoms with van der Waals surface area (Å²) >= 11 is 11.6. The van der Waals surface area contributed by atoms with E-state index < -0.39 is 16.9 Å². The Hall–Kier alpha value is -1.57. The van der Waals surface area contributed by atoms with Gasteiger partial charge in [0.25, 0.3) is 5.69 Å². The van der Waals surface area contributed by atoms with Crippen LogP contribution >= 0.6 is 23.2 Å². The monoisotopic (exact) mass is 336 g/mol. The minimum absolute atomic E-state index is 0.0132. The van der Waals surface area contributed by atoms with Gasteiger partial charge >= 0.3 is 5.97 Å². The number of nitro benzene ring substituents is 1. The van der Waals surface area contributed by atoms with Crippen LogP contribution in [0.5, 0.6) is 0 Å². The Morgan fingerprint density at radius 1 is 1.48 bits per heavy atom. The summed E-state index contributed by atoms with van der Waals surface area (Å²) in [4.78, 5) is 21.5. The Bertz CT molecular complexity index is 539. The van der Waals surface area contributed by atoms with Crippen molar-refractivity contribution in [1.29, 1.82) is 0 Å². The maximum atomic E-state index is 11.2. The standard InChI is InChI=1S/C12H14Cl2N2O5/c1-21-4-2-3-9(12(17)18)15-10-5-7(13)8(14)6-11(10)16(19)20/h5-6,9,15H,2-4H2,1H3,(H,17,18). The van der Waals surface area contributed by atoms with Crippen molar-refractivity contribution in [2.24, 2.45) is 0 Å². The lowest BCUT2D eigenvalue weighted by Crippen LogP contribution is -2.29. The summed E-state index contributed by atoms with van der Waals surface area (Å²) < 4.78 is 4.85. The lowest BCUT2D eigenvalue weighted by molar-refractivity contribution is -0.384. The molecule has 1 aromatic carbocycles. The molecule has 1 rings (SSSR count). The van der Waals surface area contributed by atoms with Gasteiger partial charge in [-0.1, -0.05) is 23.2 Å². The van der Waals surface area contributed by atoms with Crippen LogP contribution in [0.15, 0.2) is 12.1 Å². The van der Waals surface area contributed by atoms with Crippen LogP contribution in [0, 0.1) is 10.1 Å². The molecule has 0 radical (unpaired) electrons. The van der Waals surface area contributed by atoms with Crippen molar-refractivity contribution in [1.82, 2.24) is 0 Å². The average molecular weight is 337 g/mol. The van der Waals surface area contributed by atoms with Crippen molar-refractivity contribution in [3.8, 4) is 0 Å². The lowest BCUT2D eigenvalue weighted by Gasteiger charge is -2.16. The number of hydrogen-bond acceptors (Lipinski definition) is 5. The molecule has 0 bridgehead atoms. The van der Waals surface area contributed by atoms with Gasteiger partial charge in [0.1, 0.15) is 11.7 Å². The van der Waals surface area contributed by atoms with E-state index in [1.165, 1.54) is 13.2 Å². The first-order chi connectivity index (χ1) is 9.86. The number of carboxylic acid groups (broad SMARTS) is 1. The van der Waals surface area contributed by atoms with Crippen LogP contribution in [0.1, 0.15) is 12.8 Å². The molecule has 1 aromatic rings. The number of nitrogens with one attached hydrogen (secondary N) is 1. The Kier molecular flexibility index (Phi) is 6.67. The van der Waals surface area contributed by atoms with Gasteiger partial charge in [-0.2, -0.15) is 0 Å². The molecule has 0 aliphatic rings. The smallest absolute Gasteiger partial charge is 0.326 e. The molecular weight excluding hydrogens is 323 g/mol. The van der Waals surface area contributed by atoms with Gasteiger partial charge in [-0.15, -0.1) is 0 Å².